The summed E-state index contributed by atoms with van der Waals surface area (Å²) in [6.45, 7) is 2.89. The molecule has 1 N–H and O–H groups in total. The lowest BCUT2D eigenvalue weighted by atomic mass is 10.2. The van der Waals surface area contributed by atoms with Crippen LogP contribution in [0.4, 0.5) is 5.82 Å². The van der Waals surface area contributed by atoms with Crippen LogP contribution in [0.25, 0.3) is 0 Å². The lowest BCUT2D eigenvalue weighted by molar-refractivity contribution is 1.01. The molecule has 16 heavy (non-hydrogen) atoms. The van der Waals surface area contributed by atoms with Gasteiger partial charge in [0, 0.05) is 31.6 Å². The predicted molar refractivity (Wildman–Crippen MR) is 63.2 cm³/mol. The van der Waals surface area contributed by atoms with Crippen LogP contribution < -0.4 is 5.32 Å². The van der Waals surface area contributed by atoms with Crippen molar-refractivity contribution in [3.05, 3.63) is 48.2 Å². The molecule has 0 bridgehead atoms. The first-order chi connectivity index (χ1) is 7.88. The number of pyridine rings is 1. The third kappa shape index (κ3) is 2.76. The van der Waals surface area contributed by atoms with E-state index in [-0.39, 0.29) is 0 Å². The number of rotatable bonds is 4. The second-order valence-corrected chi connectivity index (χ2v) is 3.46. The quantitative estimate of drug-likeness (QED) is 0.844. The Kier molecular flexibility index (Phi) is 3.43. The minimum atomic E-state index is 0.764. The number of nitrogens with zero attached hydrogens (tertiary/aromatic N) is 3. The minimum absolute atomic E-state index is 0.764. The van der Waals surface area contributed by atoms with Crippen LogP contribution in [0.5, 0.6) is 0 Å². The Bertz CT molecular complexity index is 442. The molecule has 2 aromatic rings. The molecular weight excluding hydrogens is 200 g/mol. The summed E-state index contributed by atoms with van der Waals surface area (Å²) in [6.07, 6.45) is 7.90. The van der Waals surface area contributed by atoms with Crippen molar-refractivity contribution in [2.75, 3.05) is 11.9 Å². The largest absolute Gasteiger partial charge is 0.369 e. The SMILES string of the molecule is CCNc1cncc(Cc2cccnc2)n1. The van der Waals surface area contributed by atoms with E-state index in [1.54, 1.807) is 18.6 Å². The maximum Gasteiger partial charge on any atom is 0.144 e. The van der Waals surface area contributed by atoms with E-state index in [0.29, 0.717) is 0 Å². The van der Waals surface area contributed by atoms with Gasteiger partial charge >= 0.3 is 0 Å². The average molecular weight is 214 g/mol. The van der Waals surface area contributed by atoms with Gasteiger partial charge in [-0.15, -0.1) is 0 Å². The molecule has 0 radical (unpaired) electrons. The normalized spacial score (nSPS) is 10.1. The van der Waals surface area contributed by atoms with Crippen LogP contribution in [0.2, 0.25) is 0 Å². The Hall–Kier alpha value is -1.97. The highest BCUT2D eigenvalue weighted by Crippen LogP contribution is 2.07. The van der Waals surface area contributed by atoms with Crippen LogP contribution in [-0.4, -0.2) is 21.5 Å². The van der Waals surface area contributed by atoms with E-state index in [1.807, 2.05) is 25.3 Å². The van der Waals surface area contributed by atoms with E-state index in [2.05, 4.69) is 20.3 Å². The standard InChI is InChI=1S/C12H14N4/c1-2-15-12-9-14-8-11(16-12)6-10-4-3-5-13-7-10/h3-5,7-9H,2,6H2,1H3,(H,15,16). The molecule has 0 fully saturated rings. The molecule has 0 aliphatic heterocycles. The van der Waals surface area contributed by atoms with Crippen LogP contribution in [0.3, 0.4) is 0 Å². The first kappa shape index (κ1) is 10.5. The molecule has 0 saturated heterocycles. The van der Waals surface area contributed by atoms with Gasteiger partial charge in [0.05, 0.1) is 11.9 Å². The van der Waals surface area contributed by atoms with Gasteiger partial charge in [0.1, 0.15) is 5.82 Å². The maximum atomic E-state index is 4.46. The van der Waals surface area contributed by atoms with Gasteiger partial charge in [-0.2, -0.15) is 0 Å². The smallest absolute Gasteiger partial charge is 0.144 e. The lowest BCUT2D eigenvalue weighted by Crippen LogP contribution is -2.02. The molecule has 0 unspecified atom stereocenters. The summed E-state index contributed by atoms with van der Waals surface area (Å²) in [5.74, 6) is 0.823. The number of hydrogen-bond acceptors (Lipinski definition) is 4. The molecule has 0 aliphatic rings. The Morgan fingerprint density at radius 1 is 1.19 bits per heavy atom. The van der Waals surface area contributed by atoms with Crippen molar-refractivity contribution < 1.29 is 0 Å². The maximum absolute atomic E-state index is 4.46. The molecule has 0 atom stereocenters. The Morgan fingerprint density at radius 2 is 2.12 bits per heavy atom. The molecule has 2 rings (SSSR count). The van der Waals surface area contributed by atoms with Crippen LogP contribution in [0, 0.1) is 0 Å². The van der Waals surface area contributed by atoms with Crippen molar-refractivity contribution in [2.45, 2.75) is 13.3 Å². The fourth-order valence-electron chi connectivity index (χ4n) is 1.47. The van der Waals surface area contributed by atoms with Gasteiger partial charge in [0.15, 0.2) is 0 Å². The van der Waals surface area contributed by atoms with Gasteiger partial charge in [-0.1, -0.05) is 6.07 Å². The monoisotopic (exact) mass is 214 g/mol. The van der Waals surface area contributed by atoms with Crippen molar-refractivity contribution in [1.82, 2.24) is 15.0 Å². The molecule has 0 amide bonds. The van der Waals surface area contributed by atoms with Crippen LogP contribution in [0.1, 0.15) is 18.2 Å². The van der Waals surface area contributed by atoms with Crippen molar-refractivity contribution in [2.24, 2.45) is 0 Å². The van der Waals surface area contributed by atoms with Gasteiger partial charge in [-0.3, -0.25) is 9.97 Å². The summed E-state index contributed by atoms with van der Waals surface area (Å²) in [5, 5.41) is 3.14. The van der Waals surface area contributed by atoms with Crippen LogP contribution in [0.15, 0.2) is 36.9 Å². The average Bonchev–Trinajstić information content (AvgIpc) is 2.31. The van der Waals surface area contributed by atoms with E-state index in [1.165, 1.54) is 0 Å². The van der Waals surface area contributed by atoms with Crippen molar-refractivity contribution in [3.8, 4) is 0 Å². The van der Waals surface area contributed by atoms with Crippen LogP contribution >= 0.6 is 0 Å². The third-order valence-electron chi connectivity index (χ3n) is 2.15. The summed E-state index contributed by atoms with van der Waals surface area (Å²) in [4.78, 5) is 12.7. The number of hydrogen-bond donors (Lipinski definition) is 1. The minimum Gasteiger partial charge on any atom is -0.369 e. The number of nitrogens with one attached hydrogen (secondary N) is 1. The summed E-state index contributed by atoms with van der Waals surface area (Å²) in [5.41, 5.74) is 2.09. The van der Waals surface area contributed by atoms with Crippen LogP contribution in [-0.2, 0) is 6.42 Å². The second kappa shape index (κ2) is 5.21. The lowest BCUT2D eigenvalue weighted by Gasteiger charge is -2.04. The molecule has 0 aromatic carbocycles. The molecule has 0 saturated carbocycles. The number of anilines is 1. The highest BCUT2D eigenvalue weighted by atomic mass is 15.0. The van der Waals surface area contributed by atoms with Crippen molar-refractivity contribution in [1.29, 1.82) is 0 Å². The summed E-state index contributed by atoms with van der Waals surface area (Å²) in [6, 6.07) is 3.96. The zero-order valence-electron chi connectivity index (χ0n) is 9.22. The summed E-state index contributed by atoms with van der Waals surface area (Å²) < 4.78 is 0. The van der Waals surface area contributed by atoms with Gasteiger partial charge in [0.25, 0.3) is 0 Å². The van der Waals surface area contributed by atoms with Gasteiger partial charge in [-0.25, -0.2) is 4.98 Å². The second-order valence-electron chi connectivity index (χ2n) is 3.46. The molecular formula is C12H14N4. The Labute approximate surface area is 94.8 Å². The molecule has 0 spiro atoms. The fraction of sp³-hybridized carbons (Fsp3) is 0.250. The third-order valence-corrected chi connectivity index (χ3v) is 2.15. The highest BCUT2D eigenvalue weighted by molar-refractivity contribution is 5.32. The highest BCUT2D eigenvalue weighted by Gasteiger charge is 1.99. The van der Waals surface area contributed by atoms with Gasteiger partial charge < -0.3 is 5.32 Å². The van der Waals surface area contributed by atoms with E-state index in [4.69, 9.17) is 0 Å². The van der Waals surface area contributed by atoms with Crippen molar-refractivity contribution >= 4 is 5.82 Å². The molecule has 2 aromatic heterocycles. The zero-order chi connectivity index (χ0) is 11.2. The van der Waals surface area contributed by atoms with E-state index in [0.717, 1.165) is 30.0 Å². The molecule has 2 heterocycles. The van der Waals surface area contributed by atoms with Gasteiger partial charge in [0.2, 0.25) is 0 Å². The van der Waals surface area contributed by atoms with E-state index >= 15 is 0 Å². The Morgan fingerprint density at radius 3 is 2.88 bits per heavy atom. The number of aromatic nitrogens is 3. The van der Waals surface area contributed by atoms with E-state index < -0.39 is 0 Å². The molecule has 0 aliphatic carbocycles. The molecule has 4 nitrogen and oxygen atoms in total. The molecule has 4 heteroatoms. The zero-order valence-corrected chi connectivity index (χ0v) is 9.22. The predicted octanol–water partition coefficient (Wildman–Crippen LogP) is 1.89. The molecule has 82 valence electrons. The summed E-state index contributed by atoms with van der Waals surface area (Å²) in [7, 11) is 0. The summed E-state index contributed by atoms with van der Waals surface area (Å²) >= 11 is 0. The first-order valence-corrected chi connectivity index (χ1v) is 5.32. The van der Waals surface area contributed by atoms with Crippen molar-refractivity contribution in [3.63, 3.8) is 0 Å². The first-order valence-electron chi connectivity index (χ1n) is 5.32. The van der Waals surface area contributed by atoms with Gasteiger partial charge in [-0.05, 0) is 18.6 Å². The fourth-order valence-corrected chi connectivity index (χ4v) is 1.47. The Balaban J connectivity index is 2.12. The topological polar surface area (TPSA) is 50.7 Å². The van der Waals surface area contributed by atoms with E-state index in [9.17, 15) is 0 Å².